The molecule has 7 rings (SSSR count). The van der Waals surface area contributed by atoms with Gasteiger partial charge in [-0.2, -0.15) is 0 Å². The first kappa shape index (κ1) is 19.0. The summed E-state index contributed by atoms with van der Waals surface area (Å²) in [7, 11) is 1.70. The number of furan rings is 1. The highest BCUT2D eigenvalue weighted by Crippen LogP contribution is 2.73. The van der Waals surface area contributed by atoms with Crippen molar-refractivity contribution >= 4 is 11.0 Å². The van der Waals surface area contributed by atoms with Crippen molar-refractivity contribution in [3.8, 4) is 0 Å². The van der Waals surface area contributed by atoms with Crippen LogP contribution in [-0.4, -0.2) is 41.8 Å². The van der Waals surface area contributed by atoms with Crippen LogP contribution in [0.25, 0.3) is 11.0 Å². The minimum absolute atomic E-state index is 0.0511. The Kier molecular flexibility index (Phi) is 3.62. The van der Waals surface area contributed by atoms with Crippen LogP contribution in [0.3, 0.4) is 0 Å². The molecule has 3 fully saturated rings. The molecule has 2 saturated heterocycles. The van der Waals surface area contributed by atoms with Gasteiger partial charge in [0.2, 0.25) is 0 Å². The number of hydrogen-bond donors (Lipinski definition) is 1. The molecule has 2 aliphatic heterocycles. The zero-order valence-electron chi connectivity index (χ0n) is 18.6. The molecule has 3 heterocycles. The van der Waals surface area contributed by atoms with E-state index in [1.807, 2.05) is 18.2 Å². The van der Waals surface area contributed by atoms with Crippen molar-refractivity contribution in [2.75, 3.05) is 20.2 Å². The average Bonchev–Trinajstić information content (AvgIpc) is 3.30. The van der Waals surface area contributed by atoms with E-state index in [1.165, 1.54) is 0 Å². The maximum Gasteiger partial charge on any atom is 0.165 e. The van der Waals surface area contributed by atoms with Gasteiger partial charge in [0.1, 0.15) is 17.1 Å². The van der Waals surface area contributed by atoms with E-state index in [0.29, 0.717) is 12.3 Å². The molecule has 5 aliphatic rings. The molecule has 0 radical (unpaired) electrons. The Balaban J connectivity index is 1.50. The Hall–Kier alpha value is -2.50. The number of para-hydroxylation sites is 1. The Morgan fingerprint density at radius 2 is 2.19 bits per heavy atom. The molecule has 1 N–H and O–H groups in total. The lowest BCUT2D eigenvalue weighted by molar-refractivity contribution is -0.240. The van der Waals surface area contributed by atoms with Gasteiger partial charge >= 0.3 is 0 Å². The number of ether oxygens (including phenoxy) is 2. The molecule has 1 saturated carbocycles. The summed E-state index contributed by atoms with van der Waals surface area (Å²) in [6.45, 7) is 8.00. The molecule has 32 heavy (non-hydrogen) atoms. The third kappa shape index (κ3) is 2.03. The first-order valence-corrected chi connectivity index (χ1v) is 11.7. The summed E-state index contributed by atoms with van der Waals surface area (Å²) in [6.07, 6.45) is 6.42. The molecule has 2 bridgehead atoms. The van der Waals surface area contributed by atoms with E-state index < -0.39 is 11.0 Å². The Morgan fingerprint density at radius 3 is 3.00 bits per heavy atom. The van der Waals surface area contributed by atoms with E-state index in [0.717, 1.165) is 65.3 Å². The summed E-state index contributed by atoms with van der Waals surface area (Å²) in [5.74, 6) is 3.03. The topological polar surface area (TPSA) is 55.1 Å². The highest BCUT2D eigenvalue weighted by molar-refractivity contribution is 5.83. The van der Waals surface area contributed by atoms with Crippen LogP contribution >= 0.6 is 0 Å². The van der Waals surface area contributed by atoms with Gasteiger partial charge in [0.25, 0.3) is 0 Å². The molecule has 5 heteroatoms. The molecule has 1 aromatic carbocycles. The van der Waals surface area contributed by atoms with Gasteiger partial charge in [0, 0.05) is 35.9 Å². The number of likely N-dealkylation sites (tertiary alicyclic amines) is 1. The van der Waals surface area contributed by atoms with Gasteiger partial charge < -0.3 is 19.0 Å². The number of fused-ring (bicyclic) bond motifs is 4. The van der Waals surface area contributed by atoms with Crippen LogP contribution in [0.5, 0.6) is 0 Å². The zero-order valence-corrected chi connectivity index (χ0v) is 18.6. The maximum atomic E-state index is 12.8. The summed E-state index contributed by atoms with van der Waals surface area (Å²) in [6, 6.07) is 8.23. The SMILES string of the molecule is C=C(C)CN1CCC23C4C5=C(OC)C=CC4CC1[C@]2(O)Cc1c(oc2ccccc12)[C@@H]3O5. The third-order valence-electron chi connectivity index (χ3n) is 8.93. The molecule has 4 unspecified atom stereocenters. The minimum atomic E-state index is -0.905. The molecule has 6 atom stereocenters. The summed E-state index contributed by atoms with van der Waals surface area (Å²) in [4.78, 5) is 2.47. The number of benzene rings is 1. The van der Waals surface area contributed by atoms with E-state index in [1.54, 1.807) is 7.11 Å². The molecule has 0 amide bonds. The molecular weight excluding hydrogens is 402 g/mol. The van der Waals surface area contributed by atoms with Gasteiger partial charge in [0.05, 0.1) is 18.1 Å². The van der Waals surface area contributed by atoms with Crippen molar-refractivity contribution in [1.29, 1.82) is 0 Å². The van der Waals surface area contributed by atoms with Crippen molar-refractivity contribution in [3.63, 3.8) is 0 Å². The lowest BCUT2D eigenvalue weighted by Crippen LogP contribution is -2.74. The molecular formula is C27H29NO4. The lowest BCUT2D eigenvalue weighted by atomic mass is 9.44. The fourth-order valence-corrected chi connectivity index (χ4v) is 7.86. The van der Waals surface area contributed by atoms with Gasteiger partial charge in [-0.15, -0.1) is 0 Å². The fourth-order valence-electron chi connectivity index (χ4n) is 7.86. The predicted molar refractivity (Wildman–Crippen MR) is 121 cm³/mol. The van der Waals surface area contributed by atoms with Crippen LogP contribution in [0.1, 0.15) is 37.2 Å². The predicted octanol–water partition coefficient (Wildman–Crippen LogP) is 4.49. The van der Waals surface area contributed by atoms with Crippen molar-refractivity contribution < 1.29 is 19.0 Å². The highest BCUT2D eigenvalue weighted by atomic mass is 16.5. The molecule has 1 spiro atoms. The van der Waals surface area contributed by atoms with Crippen molar-refractivity contribution in [2.45, 2.75) is 43.9 Å². The number of piperidine rings is 1. The van der Waals surface area contributed by atoms with Crippen molar-refractivity contribution in [1.82, 2.24) is 4.90 Å². The van der Waals surface area contributed by atoms with Crippen LogP contribution < -0.4 is 0 Å². The van der Waals surface area contributed by atoms with Gasteiger partial charge in [-0.3, -0.25) is 4.90 Å². The van der Waals surface area contributed by atoms with Crippen LogP contribution in [-0.2, 0) is 15.9 Å². The minimum Gasteiger partial charge on any atom is -0.493 e. The largest absolute Gasteiger partial charge is 0.493 e. The van der Waals surface area contributed by atoms with E-state index in [2.05, 4.69) is 36.6 Å². The number of hydrogen-bond acceptors (Lipinski definition) is 5. The van der Waals surface area contributed by atoms with E-state index in [9.17, 15) is 5.11 Å². The quantitative estimate of drug-likeness (QED) is 0.726. The smallest absolute Gasteiger partial charge is 0.165 e. The fraction of sp³-hybridized carbons (Fsp3) is 0.481. The van der Waals surface area contributed by atoms with Crippen molar-refractivity contribution in [3.05, 3.63) is 71.4 Å². The van der Waals surface area contributed by atoms with Crippen LogP contribution in [0.15, 0.2) is 64.5 Å². The molecule has 2 aromatic rings. The van der Waals surface area contributed by atoms with Crippen molar-refractivity contribution in [2.24, 2.45) is 17.3 Å². The second-order valence-electron chi connectivity index (χ2n) is 10.4. The number of rotatable bonds is 3. The van der Waals surface area contributed by atoms with Crippen LogP contribution in [0, 0.1) is 17.3 Å². The van der Waals surface area contributed by atoms with Gasteiger partial charge in [-0.25, -0.2) is 0 Å². The maximum absolute atomic E-state index is 12.8. The first-order chi connectivity index (χ1) is 15.5. The number of aliphatic hydroxyl groups is 1. The Morgan fingerprint density at radius 1 is 1.34 bits per heavy atom. The first-order valence-electron chi connectivity index (χ1n) is 11.7. The third-order valence-corrected chi connectivity index (χ3v) is 8.93. The van der Waals surface area contributed by atoms with Gasteiger partial charge in [-0.05, 0) is 44.4 Å². The normalized spacial score (nSPS) is 39.0. The van der Waals surface area contributed by atoms with Gasteiger partial charge in [-0.1, -0.05) is 36.4 Å². The summed E-state index contributed by atoms with van der Waals surface area (Å²) >= 11 is 0. The highest BCUT2D eigenvalue weighted by Gasteiger charge is 2.77. The van der Waals surface area contributed by atoms with E-state index in [-0.39, 0.29) is 18.1 Å². The monoisotopic (exact) mass is 431 g/mol. The van der Waals surface area contributed by atoms with Crippen LogP contribution in [0.4, 0.5) is 0 Å². The number of nitrogens with zero attached hydrogens (tertiary/aromatic N) is 1. The van der Waals surface area contributed by atoms with E-state index in [4.69, 9.17) is 13.9 Å². The Bertz CT molecular complexity index is 1220. The summed E-state index contributed by atoms with van der Waals surface area (Å²) in [5, 5.41) is 13.9. The number of methoxy groups -OCH3 is 1. The van der Waals surface area contributed by atoms with Gasteiger partial charge in [0.15, 0.2) is 11.9 Å². The second-order valence-corrected chi connectivity index (χ2v) is 10.4. The zero-order chi connectivity index (χ0) is 21.8. The average molecular weight is 432 g/mol. The molecule has 166 valence electrons. The summed E-state index contributed by atoms with van der Waals surface area (Å²) in [5.41, 5.74) is 1.79. The van der Waals surface area contributed by atoms with Crippen LogP contribution in [0.2, 0.25) is 0 Å². The Labute approximate surface area is 188 Å². The number of allylic oxidation sites excluding steroid dienone is 3. The molecule has 5 nitrogen and oxygen atoms in total. The second kappa shape index (κ2) is 6.09. The molecule has 1 aromatic heterocycles. The standard InChI is InChI=1S/C27H29NO4/c1-15(2)14-28-11-10-26-22-16-8-9-20(30-3)24(22)32-25(26)23-18(13-27(26,29)21(28)12-16)17-6-4-5-7-19(17)31-23/h4-9,16,21-22,25,29H,1,10-14H2,2-3H3/t16?,21?,22?,25-,26?,27+/m0/s1. The molecule has 3 aliphatic carbocycles. The van der Waals surface area contributed by atoms with E-state index >= 15 is 0 Å². The summed E-state index contributed by atoms with van der Waals surface area (Å²) < 4.78 is 19.0. The lowest BCUT2D eigenvalue weighted by Gasteiger charge is -2.65.